The molecule has 0 aliphatic heterocycles. The molecule has 1 rings (SSSR count). The number of methoxy groups -OCH3 is 1. The molecule has 0 aliphatic carbocycles. The molecular formula is C14H21ClN2O2. The third-order valence-corrected chi connectivity index (χ3v) is 3.18. The van der Waals surface area contributed by atoms with Crippen LogP contribution in [-0.2, 0) is 11.3 Å². The monoisotopic (exact) mass is 284 g/mol. The molecule has 0 spiro atoms. The molecule has 19 heavy (non-hydrogen) atoms. The molecule has 1 amide bonds. The highest BCUT2D eigenvalue weighted by Gasteiger charge is 2.09. The molecule has 106 valence electrons. The second kappa shape index (κ2) is 8.02. The van der Waals surface area contributed by atoms with E-state index in [4.69, 9.17) is 22.1 Å². The van der Waals surface area contributed by atoms with Gasteiger partial charge in [-0.3, -0.25) is 4.79 Å². The molecule has 1 unspecified atom stereocenters. The number of rotatable bonds is 7. The average molecular weight is 285 g/mol. The van der Waals surface area contributed by atoms with Gasteiger partial charge in [0.05, 0.1) is 7.11 Å². The summed E-state index contributed by atoms with van der Waals surface area (Å²) in [5.41, 5.74) is 6.43. The van der Waals surface area contributed by atoms with Gasteiger partial charge >= 0.3 is 0 Å². The molecule has 1 aromatic rings. The highest BCUT2D eigenvalue weighted by atomic mass is 35.5. The van der Waals surface area contributed by atoms with Crippen molar-refractivity contribution in [2.45, 2.75) is 38.8 Å². The summed E-state index contributed by atoms with van der Waals surface area (Å²) in [5, 5.41) is 3.44. The van der Waals surface area contributed by atoms with Crippen LogP contribution in [0.25, 0.3) is 0 Å². The molecule has 1 atom stereocenters. The number of halogens is 1. The van der Waals surface area contributed by atoms with Crippen molar-refractivity contribution in [2.75, 3.05) is 7.11 Å². The maximum atomic E-state index is 11.7. The van der Waals surface area contributed by atoms with Gasteiger partial charge in [-0.05, 0) is 31.9 Å². The van der Waals surface area contributed by atoms with Crippen molar-refractivity contribution in [3.63, 3.8) is 0 Å². The summed E-state index contributed by atoms with van der Waals surface area (Å²) < 4.78 is 5.22. The van der Waals surface area contributed by atoms with Crippen molar-refractivity contribution in [3.8, 4) is 5.75 Å². The van der Waals surface area contributed by atoms with E-state index in [0.29, 0.717) is 23.7 Å². The summed E-state index contributed by atoms with van der Waals surface area (Å²) in [5.74, 6) is 0.686. The summed E-state index contributed by atoms with van der Waals surface area (Å²) in [6.07, 6.45) is 2.13. The second-order valence-electron chi connectivity index (χ2n) is 4.57. The summed E-state index contributed by atoms with van der Waals surface area (Å²) in [4.78, 5) is 11.7. The molecule has 0 aliphatic rings. The molecule has 0 heterocycles. The number of amides is 1. The van der Waals surface area contributed by atoms with Gasteiger partial charge in [0.15, 0.2) is 0 Å². The Morgan fingerprint density at radius 2 is 2.26 bits per heavy atom. The van der Waals surface area contributed by atoms with E-state index in [1.54, 1.807) is 13.2 Å². The van der Waals surface area contributed by atoms with Gasteiger partial charge in [-0.1, -0.05) is 17.7 Å². The zero-order valence-corrected chi connectivity index (χ0v) is 12.2. The predicted octanol–water partition coefficient (Wildman–Crippen LogP) is 2.48. The first-order valence-electron chi connectivity index (χ1n) is 6.38. The second-order valence-corrected chi connectivity index (χ2v) is 4.97. The van der Waals surface area contributed by atoms with E-state index in [2.05, 4.69) is 5.32 Å². The van der Waals surface area contributed by atoms with Gasteiger partial charge in [-0.15, -0.1) is 0 Å². The first kappa shape index (κ1) is 15.8. The molecule has 1 aromatic carbocycles. The Morgan fingerprint density at radius 3 is 2.89 bits per heavy atom. The third kappa shape index (κ3) is 5.49. The number of ether oxygens (including phenoxy) is 1. The summed E-state index contributed by atoms with van der Waals surface area (Å²) in [6.45, 7) is 2.31. The SMILES string of the molecule is COc1cccc(Cl)c1CNC(=O)CCCC(C)N. The number of carbonyl (C=O) groups is 1. The van der Waals surface area contributed by atoms with Gasteiger partial charge in [0.2, 0.25) is 5.91 Å². The third-order valence-electron chi connectivity index (χ3n) is 2.82. The summed E-state index contributed by atoms with van der Waals surface area (Å²) in [7, 11) is 1.58. The fourth-order valence-corrected chi connectivity index (χ4v) is 1.99. The first-order chi connectivity index (χ1) is 9.04. The molecule has 4 nitrogen and oxygen atoms in total. The van der Waals surface area contributed by atoms with E-state index in [-0.39, 0.29) is 11.9 Å². The number of nitrogens with two attached hydrogens (primary N) is 1. The van der Waals surface area contributed by atoms with E-state index in [0.717, 1.165) is 18.4 Å². The Balaban J connectivity index is 2.46. The van der Waals surface area contributed by atoms with Crippen molar-refractivity contribution in [2.24, 2.45) is 5.73 Å². The number of nitrogens with one attached hydrogen (secondary N) is 1. The van der Waals surface area contributed by atoms with Gasteiger partial charge in [0.25, 0.3) is 0 Å². The highest BCUT2D eigenvalue weighted by Crippen LogP contribution is 2.25. The summed E-state index contributed by atoms with van der Waals surface area (Å²) in [6, 6.07) is 5.55. The van der Waals surface area contributed by atoms with Crippen LogP contribution in [-0.4, -0.2) is 19.1 Å². The lowest BCUT2D eigenvalue weighted by atomic mass is 10.1. The standard InChI is InChI=1S/C14H21ClN2O2/c1-10(16)5-3-8-14(18)17-9-11-12(15)6-4-7-13(11)19-2/h4,6-7,10H,3,5,8-9,16H2,1-2H3,(H,17,18). The van der Waals surface area contributed by atoms with Crippen LogP contribution >= 0.6 is 11.6 Å². The van der Waals surface area contributed by atoms with Crippen LogP contribution in [0.5, 0.6) is 5.75 Å². The molecule has 0 radical (unpaired) electrons. The molecule has 0 saturated heterocycles. The molecular weight excluding hydrogens is 264 g/mol. The molecule has 3 N–H and O–H groups in total. The Hall–Kier alpha value is -1.26. The number of benzene rings is 1. The molecule has 0 aromatic heterocycles. The summed E-state index contributed by atoms with van der Waals surface area (Å²) >= 11 is 6.09. The van der Waals surface area contributed by atoms with Crippen LogP contribution in [0.15, 0.2) is 18.2 Å². The van der Waals surface area contributed by atoms with Crippen molar-refractivity contribution in [3.05, 3.63) is 28.8 Å². The van der Waals surface area contributed by atoms with E-state index in [9.17, 15) is 4.79 Å². The fourth-order valence-electron chi connectivity index (χ4n) is 1.76. The van der Waals surface area contributed by atoms with Crippen molar-refractivity contribution < 1.29 is 9.53 Å². The zero-order valence-electron chi connectivity index (χ0n) is 11.4. The van der Waals surface area contributed by atoms with Gasteiger partial charge in [0.1, 0.15) is 5.75 Å². The van der Waals surface area contributed by atoms with Gasteiger partial charge in [-0.25, -0.2) is 0 Å². The fraction of sp³-hybridized carbons (Fsp3) is 0.500. The van der Waals surface area contributed by atoms with Gasteiger partial charge in [-0.2, -0.15) is 0 Å². The molecule has 0 bridgehead atoms. The highest BCUT2D eigenvalue weighted by molar-refractivity contribution is 6.31. The van der Waals surface area contributed by atoms with E-state index in [1.165, 1.54) is 0 Å². The zero-order chi connectivity index (χ0) is 14.3. The van der Waals surface area contributed by atoms with Gasteiger partial charge < -0.3 is 15.8 Å². The Morgan fingerprint density at radius 1 is 1.53 bits per heavy atom. The van der Waals surface area contributed by atoms with Crippen molar-refractivity contribution in [1.29, 1.82) is 0 Å². The van der Waals surface area contributed by atoms with Crippen molar-refractivity contribution >= 4 is 17.5 Å². The van der Waals surface area contributed by atoms with E-state index >= 15 is 0 Å². The maximum Gasteiger partial charge on any atom is 0.220 e. The largest absolute Gasteiger partial charge is 0.496 e. The van der Waals surface area contributed by atoms with Gasteiger partial charge in [0, 0.05) is 29.6 Å². The van der Waals surface area contributed by atoms with Crippen LogP contribution in [0.1, 0.15) is 31.7 Å². The van der Waals surface area contributed by atoms with Crippen LogP contribution < -0.4 is 15.8 Å². The van der Waals surface area contributed by atoms with Crippen LogP contribution in [0, 0.1) is 0 Å². The van der Waals surface area contributed by atoms with Crippen LogP contribution in [0.3, 0.4) is 0 Å². The van der Waals surface area contributed by atoms with E-state index in [1.807, 2.05) is 19.1 Å². The maximum absolute atomic E-state index is 11.7. The van der Waals surface area contributed by atoms with Crippen molar-refractivity contribution in [1.82, 2.24) is 5.32 Å². The normalized spacial score (nSPS) is 12.0. The molecule has 0 saturated carbocycles. The topological polar surface area (TPSA) is 64.3 Å². The minimum absolute atomic E-state index is 0.00243. The lowest BCUT2D eigenvalue weighted by molar-refractivity contribution is -0.121. The average Bonchev–Trinajstić information content (AvgIpc) is 2.36. The Kier molecular flexibility index (Phi) is 6.67. The Bertz CT molecular complexity index is 422. The first-order valence-corrected chi connectivity index (χ1v) is 6.76. The number of carbonyl (C=O) groups excluding carboxylic acids is 1. The smallest absolute Gasteiger partial charge is 0.220 e. The van der Waals surface area contributed by atoms with E-state index < -0.39 is 0 Å². The van der Waals surface area contributed by atoms with Crippen LogP contribution in [0.2, 0.25) is 5.02 Å². The van der Waals surface area contributed by atoms with Crippen LogP contribution in [0.4, 0.5) is 0 Å². The predicted molar refractivity (Wildman–Crippen MR) is 77.4 cm³/mol. The quantitative estimate of drug-likeness (QED) is 0.808. The lowest BCUT2D eigenvalue weighted by Gasteiger charge is -2.11. The number of hydrogen-bond donors (Lipinski definition) is 2. The minimum Gasteiger partial charge on any atom is -0.496 e. The molecule has 0 fully saturated rings. The Labute approximate surface area is 119 Å². The lowest BCUT2D eigenvalue weighted by Crippen LogP contribution is -2.23. The number of hydrogen-bond acceptors (Lipinski definition) is 3. The minimum atomic E-state index is 0.00243. The molecule has 5 heteroatoms.